The van der Waals surface area contributed by atoms with Crippen molar-refractivity contribution in [3.63, 3.8) is 0 Å². The van der Waals surface area contributed by atoms with Crippen molar-refractivity contribution < 1.29 is 104 Å². The fourth-order valence-corrected chi connectivity index (χ4v) is 17.9. The molecule has 12 heterocycles. The summed E-state index contributed by atoms with van der Waals surface area (Å²) in [5.74, 6) is -2.88. The normalized spacial score (nSPS) is 12.7. The van der Waals surface area contributed by atoms with E-state index in [-0.39, 0.29) is 69.1 Å². The molecule has 15 rings (SSSR count). The number of alkyl halides is 15. The Balaban J connectivity index is 0.000000157. The molecule has 686 valence electrons. The first kappa shape index (κ1) is 98.4. The number of benzene rings is 3. The number of amides is 5. The van der Waals surface area contributed by atoms with E-state index in [4.69, 9.17) is 0 Å². The highest BCUT2D eigenvalue weighted by Gasteiger charge is 2.40. The van der Waals surface area contributed by atoms with Crippen molar-refractivity contribution in [2.24, 2.45) is 35.2 Å². The Morgan fingerprint density at radius 2 is 0.800 bits per heavy atom. The monoisotopic (exact) mass is 1930 g/mol. The maximum absolute atomic E-state index is 13.1. The number of halogens is 17. The van der Waals surface area contributed by atoms with E-state index in [0.29, 0.717) is 75.6 Å². The Labute approximate surface area is 754 Å². The molecule has 1 unspecified atom stereocenters. The molecule has 14 aromatic rings. The van der Waals surface area contributed by atoms with Gasteiger partial charge in [-0.2, -0.15) is 91.3 Å². The van der Waals surface area contributed by atoms with E-state index in [1.807, 2.05) is 73.0 Å². The molecule has 0 aliphatic carbocycles. The summed E-state index contributed by atoms with van der Waals surface area (Å²) in [5, 5.41) is 37.3. The van der Waals surface area contributed by atoms with Crippen LogP contribution in [0, 0.1) is 11.6 Å². The van der Waals surface area contributed by atoms with Crippen molar-refractivity contribution in [2.45, 2.75) is 76.3 Å². The summed E-state index contributed by atoms with van der Waals surface area (Å²) in [5.41, 5.74) is -1.60. The third-order valence-electron chi connectivity index (χ3n) is 19.2. The van der Waals surface area contributed by atoms with Gasteiger partial charge in [0.25, 0.3) is 29.5 Å². The van der Waals surface area contributed by atoms with E-state index < -0.39 is 89.0 Å². The third kappa shape index (κ3) is 25.0. The number of hydrogen-bond donors (Lipinski definition) is 3. The molecule has 21 nitrogen and oxygen atoms in total. The second-order valence-electron chi connectivity index (χ2n) is 28.5. The minimum absolute atomic E-state index is 0.0947. The zero-order valence-corrected chi connectivity index (χ0v) is 74.2. The fraction of sp³-hybridized carbons (Fsp3) is 0.256. The van der Waals surface area contributed by atoms with Gasteiger partial charge in [-0.1, -0.05) is 73.7 Å². The molecule has 0 saturated heterocycles. The van der Waals surface area contributed by atoms with Crippen LogP contribution in [0.4, 0.5) is 80.3 Å². The van der Waals surface area contributed by atoms with Gasteiger partial charge in [0.05, 0.1) is 60.9 Å². The molecule has 0 bridgehead atoms. The topological polar surface area (TPSA) is 228 Å². The Morgan fingerprint density at radius 1 is 0.446 bits per heavy atom. The predicted molar refractivity (Wildman–Crippen MR) is 462 cm³/mol. The molecule has 0 fully saturated rings. The average Bonchev–Trinajstić information content (AvgIpc) is 1.67. The number of likely N-dealkylation sites (N-methyl/N-ethyl adjacent to an activating group) is 1. The van der Waals surface area contributed by atoms with Gasteiger partial charge in [-0.05, 0) is 158 Å². The van der Waals surface area contributed by atoms with Crippen LogP contribution in [0.3, 0.4) is 0 Å². The van der Waals surface area contributed by atoms with Crippen LogP contribution >= 0.6 is 68.0 Å². The molecule has 0 saturated carbocycles. The summed E-state index contributed by atoms with van der Waals surface area (Å²) in [7, 11) is 7.75. The van der Waals surface area contributed by atoms with Crippen LogP contribution < -0.4 is 15.5 Å². The van der Waals surface area contributed by atoms with Gasteiger partial charge >= 0.3 is 30.9 Å². The number of thiophene rings is 6. The zero-order chi connectivity index (χ0) is 94.6. The molecule has 3 N–H and O–H groups in total. The van der Waals surface area contributed by atoms with E-state index in [0.717, 1.165) is 147 Å². The molecule has 5 amide bonds. The number of aryl methyl sites for hydroxylation is 5. The van der Waals surface area contributed by atoms with Crippen LogP contribution in [0.2, 0.25) is 0 Å². The molecule has 3 aromatic carbocycles. The van der Waals surface area contributed by atoms with Crippen molar-refractivity contribution in [3.8, 4) is 52.9 Å². The second kappa shape index (κ2) is 41.7. The minimum Gasteiger partial charge on any atom is -0.386 e. The quantitative estimate of drug-likeness (QED) is 0.0453. The van der Waals surface area contributed by atoms with E-state index in [1.54, 1.807) is 108 Å². The van der Waals surface area contributed by atoms with E-state index in [2.05, 4.69) is 36.1 Å². The van der Waals surface area contributed by atoms with E-state index in [1.165, 1.54) is 57.1 Å². The molecule has 0 radical (unpaired) electrons. The molecule has 1 aliphatic heterocycles. The summed E-state index contributed by atoms with van der Waals surface area (Å²) in [4.78, 5) is 72.7. The first-order valence-corrected chi connectivity index (χ1v) is 43.6. The molecule has 0 spiro atoms. The van der Waals surface area contributed by atoms with Crippen molar-refractivity contribution in [3.05, 3.63) is 280 Å². The highest BCUT2D eigenvalue weighted by atomic mass is 32.1. The van der Waals surface area contributed by atoms with Crippen LogP contribution in [0.15, 0.2) is 200 Å². The first-order valence-electron chi connectivity index (χ1n) is 38.7. The molecular formula is C86H76F17N15O6S6. The Hall–Kier alpha value is -12.2. The Bertz CT molecular complexity index is 6240. The number of nitrogens with one attached hydrogen (secondary N) is 2. The largest absolute Gasteiger partial charge is 0.433 e. The van der Waals surface area contributed by atoms with Gasteiger partial charge in [0.15, 0.2) is 0 Å². The molecule has 1 aliphatic rings. The molecule has 44 heteroatoms. The SMILES string of the molecule is CC([C@@H](O)c1ccccc1)N(C)C(=O)c1ccc(-c2cc(C(F)(F)F)n(C)n2)s1.CCCN(C(=O)c1ccc(-c2cc(C(F)(F)F)n(C)n2)s1)c1ccccc1.Cn1nc(-c2ccc(C(=O)N3CC=CC3)s2)cc1C(F)(F)F.Cn1nc(-c2ccc(C(=O)NCCc3cccs3)s2)cc1C(F)(F)F.Cn1nc(-c2ccc(C(=O)NCc3cc(F)cc(F)c3)s2)cc1C(F)(F)F. The molecule has 130 heavy (non-hydrogen) atoms. The third-order valence-corrected chi connectivity index (χ3v) is 25.7. The number of aliphatic hydroxyl groups excluding tert-OH is 1. The van der Waals surface area contributed by atoms with Crippen molar-refractivity contribution in [1.29, 1.82) is 0 Å². The predicted octanol–water partition coefficient (Wildman–Crippen LogP) is 21.3. The lowest BCUT2D eigenvalue weighted by Crippen LogP contribution is -2.38. The van der Waals surface area contributed by atoms with Crippen LogP contribution in [-0.2, 0) is 79.1 Å². The van der Waals surface area contributed by atoms with Gasteiger partial charge < -0.3 is 30.4 Å². The Kier molecular flexibility index (Phi) is 31.5. The van der Waals surface area contributed by atoms with Gasteiger partial charge in [0.2, 0.25) is 0 Å². The van der Waals surface area contributed by atoms with Gasteiger partial charge in [0.1, 0.15) is 68.6 Å². The van der Waals surface area contributed by atoms with Crippen LogP contribution in [-0.4, -0.2) is 133 Å². The number of rotatable bonds is 21. The minimum atomic E-state index is -4.53. The van der Waals surface area contributed by atoms with Gasteiger partial charge in [-0.25, -0.2) is 8.78 Å². The van der Waals surface area contributed by atoms with Crippen molar-refractivity contribution in [2.75, 3.05) is 38.1 Å². The average molecular weight is 1930 g/mol. The molecular weight excluding hydrogens is 1850 g/mol. The van der Waals surface area contributed by atoms with Crippen molar-refractivity contribution in [1.82, 2.24) is 69.3 Å². The van der Waals surface area contributed by atoms with Crippen LogP contribution in [0.25, 0.3) is 52.9 Å². The van der Waals surface area contributed by atoms with Crippen LogP contribution in [0.1, 0.15) is 119 Å². The summed E-state index contributed by atoms with van der Waals surface area (Å²) in [6.45, 7) is 5.81. The Morgan fingerprint density at radius 3 is 1.17 bits per heavy atom. The number of aliphatic hydroxyl groups is 1. The molecule has 2 atom stereocenters. The molecule has 11 aromatic heterocycles. The smallest absolute Gasteiger partial charge is 0.386 e. The summed E-state index contributed by atoms with van der Waals surface area (Å²) < 4.78 is 224. The standard InChI is InChI=1S/C20H20F3N3O2S.C19H18F3N3OS.C17H12F5N3OS.C16H14F3N3OS2.C14H12F3N3OS/c1-12(18(27)13-7-5-4-6-8-13)25(2)19(28)16-10-9-15(29-16)14-11-17(20(21,22)23)26(3)24-14;1-3-11-25(13-7-5-4-6-8-13)18(26)16-10-9-15(27-16)14-12-17(19(20,21)22)24(2)23-14;1-25-15(17(20,21)22)7-12(24-25)13-2-3-14(27-13)16(26)23-8-9-4-10(18)6-11(19)5-9;1-22-14(16(17,18)19)9-11(21-22)12-4-5-13(25-12)15(23)20-7-6-10-3-2-8-24-10;1-19-12(14(15,16)17)8-9(18-19)10-4-5-11(22-10)13(21)20-6-2-3-7-20/h4-12,18,27H,1-3H3;4-10,12H,3,11H2,1-2H3;2-7H,8H2,1H3,(H,23,26);2-5,8-9H,6-7H2,1H3,(H,20,23);2-5,8H,6-7H2,1H3/t12?,18-;;;;/m1..../s1. The lowest BCUT2D eigenvalue weighted by Gasteiger charge is -2.29. The fourth-order valence-electron chi connectivity index (χ4n) is 12.7. The number of aromatic nitrogens is 10. The number of para-hydroxylation sites is 1. The maximum Gasteiger partial charge on any atom is 0.433 e. The lowest BCUT2D eigenvalue weighted by molar-refractivity contribution is -0.144. The second-order valence-corrected chi connectivity index (χ2v) is 35.0. The lowest BCUT2D eigenvalue weighted by atomic mass is 10.0. The number of carbonyl (C=O) groups is 5. The van der Waals surface area contributed by atoms with Gasteiger partial charge in [0, 0.05) is 91.6 Å². The van der Waals surface area contributed by atoms with Gasteiger partial charge in [-0.15, -0.1) is 68.0 Å². The first-order chi connectivity index (χ1) is 61.2. The number of hydrogen-bond acceptors (Lipinski definition) is 17. The zero-order valence-electron chi connectivity index (χ0n) is 69.3. The number of carbonyl (C=O) groups excluding carboxylic acids is 5. The summed E-state index contributed by atoms with van der Waals surface area (Å²) in [6.07, 6.45) is -17.9. The highest BCUT2D eigenvalue weighted by Crippen LogP contribution is 2.41. The summed E-state index contributed by atoms with van der Waals surface area (Å²) in [6, 6.07) is 45.3. The van der Waals surface area contributed by atoms with E-state index in [9.17, 15) is 104 Å². The van der Waals surface area contributed by atoms with Gasteiger partial charge in [-0.3, -0.25) is 47.4 Å². The van der Waals surface area contributed by atoms with E-state index >= 15 is 0 Å². The summed E-state index contributed by atoms with van der Waals surface area (Å²) >= 11 is 7.07. The maximum atomic E-state index is 13.1. The number of nitrogens with zero attached hydrogens (tertiary/aromatic N) is 13. The number of anilines is 1. The van der Waals surface area contributed by atoms with Crippen LogP contribution in [0.5, 0.6) is 0 Å². The van der Waals surface area contributed by atoms with Crippen molar-refractivity contribution >= 4 is 103 Å². The highest BCUT2D eigenvalue weighted by molar-refractivity contribution is 7.19.